The number of aromatic nitrogens is 3. The van der Waals surface area contributed by atoms with Crippen molar-refractivity contribution in [1.29, 1.82) is 0 Å². The van der Waals surface area contributed by atoms with Crippen LogP contribution in [0.4, 0.5) is 0 Å². The number of thiazole rings is 1. The molecule has 6 nitrogen and oxygen atoms in total. The largest absolute Gasteiger partial charge is 0.335 e. The summed E-state index contributed by atoms with van der Waals surface area (Å²) in [4.78, 5) is 23.2. The summed E-state index contributed by atoms with van der Waals surface area (Å²) in [6.45, 7) is 9.19. The Morgan fingerprint density at radius 2 is 2.04 bits per heavy atom. The Morgan fingerprint density at radius 3 is 2.62 bits per heavy atom. The van der Waals surface area contributed by atoms with Gasteiger partial charge in [-0.25, -0.2) is 4.98 Å². The van der Waals surface area contributed by atoms with Crippen LogP contribution >= 0.6 is 11.3 Å². The highest BCUT2D eigenvalue weighted by Crippen LogP contribution is 2.30. The fraction of sp³-hybridized carbons (Fsp3) is 0.632. The van der Waals surface area contributed by atoms with Crippen LogP contribution in [0.25, 0.3) is 10.6 Å². The zero-order valence-electron chi connectivity index (χ0n) is 16.4. The third-order valence-electron chi connectivity index (χ3n) is 4.89. The van der Waals surface area contributed by atoms with Crippen molar-refractivity contribution < 1.29 is 4.79 Å². The SMILES string of the molecule is Cc1nc(-c2cnn(C)c2)sc1C(=O)N(CC(C)C)C1CCN(C)CC1. The van der Waals surface area contributed by atoms with Crippen LogP contribution in [0.1, 0.15) is 42.1 Å². The van der Waals surface area contributed by atoms with Crippen LogP contribution in [-0.2, 0) is 7.05 Å². The molecule has 0 saturated carbocycles. The summed E-state index contributed by atoms with van der Waals surface area (Å²) in [6, 6.07) is 0.324. The maximum absolute atomic E-state index is 13.4. The van der Waals surface area contributed by atoms with Crippen LogP contribution in [-0.4, -0.2) is 63.2 Å². The summed E-state index contributed by atoms with van der Waals surface area (Å²) in [6.07, 6.45) is 5.83. The van der Waals surface area contributed by atoms with Crippen LogP contribution < -0.4 is 0 Å². The molecule has 1 aliphatic rings. The first kappa shape index (κ1) is 19.0. The minimum Gasteiger partial charge on any atom is -0.335 e. The summed E-state index contributed by atoms with van der Waals surface area (Å²) >= 11 is 1.49. The lowest BCUT2D eigenvalue weighted by molar-refractivity contribution is 0.0563. The normalized spacial score (nSPS) is 16.4. The Hall–Kier alpha value is -1.73. The number of piperidine rings is 1. The predicted molar refractivity (Wildman–Crippen MR) is 105 cm³/mol. The molecular formula is C19H29N5OS. The van der Waals surface area contributed by atoms with E-state index in [-0.39, 0.29) is 5.91 Å². The second-order valence-corrected chi connectivity index (χ2v) is 8.72. The highest BCUT2D eigenvalue weighted by atomic mass is 32.1. The Morgan fingerprint density at radius 1 is 1.35 bits per heavy atom. The molecule has 1 amide bonds. The van der Waals surface area contributed by atoms with E-state index in [9.17, 15) is 4.79 Å². The van der Waals surface area contributed by atoms with Crippen LogP contribution in [0.2, 0.25) is 0 Å². The van der Waals surface area contributed by atoms with Gasteiger partial charge in [-0.15, -0.1) is 11.3 Å². The Balaban J connectivity index is 1.85. The summed E-state index contributed by atoms with van der Waals surface area (Å²) in [5.74, 6) is 0.586. The summed E-state index contributed by atoms with van der Waals surface area (Å²) in [5, 5.41) is 5.08. The lowest BCUT2D eigenvalue weighted by Crippen LogP contribution is -2.47. The van der Waals surface area contributed by atoms with E-state index < -0.39 is 0 Å². The molecule has 1 fully saturated rings. The van der Waals surface area contributed by atoms with E-state index in [1.807, 2.05) is 20.2 Å². The molecule has 0 radical (unpaired) electrons. The fourth-order valence-electron chi connectivity index (χ4n) is 3.48. The van der Waals surface area contributed by atoms with E-state index in [1.54, 1.807) is 10.9 Å². The molecule has 0 aromatic carbocycles. The Labute approximate surface area is 159 Å². The average molecular weight is 376 g/mol. The van der Waals surface area contributed by atoms with Crippen molar-refractivity contribution in [3.05, 3.63) is 23.0 Å². The van der Waals surface area contributed by atoms with Crippen molar-refractivity contribution in [3.63, 3.8) is 0 Å². The van der Waals surface area contributed by atoms with E-state index in [4.69, 9.17) is 0 Å². The molecular weight excluding hydrogens is 346 g/mol. The lowest BCUT2D eigenvalue weighted by Gasteiger charge is -2.38. The number of aryl methyl sites for hydroxylation is 2. The highest BCUT2D eigenvalue weighted by molar-refractivity contribution is 7.17. The van der Waals surface area contributed by atoms with Gasteiger partial charge >= 0.3 is 0 Å². The average Bonchev–Trinajstić information content (AvgIpc) is 3.18. The second-order valence-electron chi connectivity index (χ2n) is 7.72. The molecule has 1 saturated heterocycles. The minimum absolute atomic E-state index is 0.137. The van der Waals surface area contributed by atoms with Gasteiger partial charge in [0.15, 0.2) is 0 Å². The van der Waals surface area contributed by atoms with Crippen molar-refractivity contribution in [3.8, 4) is 10.6 Å². The van der Waals surface area contributed by atoms with Gasteiger partial charge < -0.3 is 9.80 Å². The highest BCUT2D eigenvalue weighted by Gasteiger charge is 2.30. The van der Waals surface area contributed by atoms with Gasteiger partial charge in [0.25, 0.3) is 5.91 Å². The van der Waals surface area contributed by atoms with Crippen LogP contribution in [0.5, 0.6) is 0 Å². The van der Waals surface area contributed by atoms with E-state index in [2.05, 4.69) is 40.8 Å². The quantitative estimate of drug-likeness (QED) is 0.806. The lowest BCUT2D eigenvalue weighted by atomic mass is 10.0. The molecule has 3 rings (SSSR count). The minimum atomic E-state index is 0.137. The number of rotatable bonds is 5. The van der Waals surface area contributed by atoms with Crippen molar-refractivity contribution in [2.45, 2.75) is 39.7 Å². The molecule has 2 aromatic heterocycles. The van der Waals surface area contributed by atoms with Gasteiger partial charge in [-0.2, -0.15) is 5.10 Å². The molecule has 0 atom stereocenters. The number of nitrogens with zero attached hydrogens (tertiary/aromatic N) is 5. The fourth-order valence-corrected chi connectivity index (χ4v) is 4.48. The molecule has 3 heterocycles. The van der Waals surface area contributed by atoms with Crippen LogP contribution in [0, 0.1) is 12.8 Å². The smallest absolute Gasteiger partial charge is 0.266 e. The zero-order valence-corrected chi connectivity index (χ0v) is 17.2. The Kier molecular flexibility index (Phi) is 5.77. The maximum Gasteiger partial charge on any atom is 0.266 e. The van der Waals surface area contributed by atoms with E-state index >= 15 is 0 Å². The summed E-state index contributed by atoms with van der Waals surface area (Å²) in [5.41, 5.74) is 1.79. The number of amides is 1. The molecule has 26 heavy (non-hydrogen) atoms. The summed E-state index contributed by atoms with van der Waals surface area (Å²) < 4.78 is 1.76. The molecule has 0 spiro atoms. The molecule has 0 unspecified atom stereocenters. The standard InChI is InChI=1S/C19H29N5OS/c1-13(2)11-24(16-6-8-22(4)9-7-16)19(25)17-14(3)21-18(26-17)15-10-20-23(5)12-15/h10,12-13,16H,6-9,11H2,1-5H3. The monoisotopic (exact) mass is 375 g/mol. The molecule has 142 valence electrons. The number of carbonyl (C=O) groups is 1. The topological polar surface area (TPSA) is 54.3 Å². The molecule has 0 bridgehead atoms. The van der Waals surface area contributed by atoms with Crippen molar-refractivity contribution in [2.24, 2.45) is 13.0 Å². The van der Waals surface area contributed by atoms with Gasteiger partial charge in [-0.05, 0) is 45.8 Å². The number of hydrogen-bond donors (Lipinski definition) is 0. The molecule has 1 aliphatic heterocycles. The van der Waals surface area contributed by atoms with E-state index in [0.717, 1.165) is 53.6 Å². The Bertz CT molecular complexity index is 758. The zero-order chi connectivity index (χ0) is 18.8. The molecule has 0 N–H and O–H groups in total. The number of carbonyl (C=O) groups excluding carboxylic acids is 1. The number of hydrogen-bond acceptors (Lipinski definition) is 5. The van der Waals surface area contributed by atoms with E-state index in [0.29, 0.717) is 12.0 Å². The first-order valence-corrected chi connectivity index (χ1v) is 10.1. The van der Waals surface area contributed by atoms with E-state index in [1.165, 1.54) is 11.3 Å². The van der Waals surface area contributed by atoms with Crippen LogP contribution in [0.15, 0.2) is 12.4 Å². The van der Waals surface area contributed by atoms with Gasteiger partial charge in [0.05, 0.1) is 11.9 Å². The van der Waals surface area contributed by atoms with Crippen molar-refractivity contribution >= 4 is 17.2 Å². The van der Waals surface area contributed by atoms with Gasteiger partial charge in [0.2, 0.25) is 0 Å². The molecule has 0 aliphatic carbocycles. The second kappa shape index (κ2) is 7.88. The van der Waals surface area contributed by atoms with Gasteiger partial charge in [-0.3, -0.25) is 9.48 Å². The first-order chi connectivity index (χ1) is 12.3. The summed E-state index contributed by atoms with van der Waals surface area (Å²) in [7, 11) is 4.04. The van der Waals surface area contributed by atoms with Gasteiger partial charge in [0.1, 0.15) is 9.88 Å². The van der Waals surface area contributed by atoms with Crippen molar-refractivity contribution in [1.82, 2.24) is 24.6 Å². The number of likely N-dealkylation sites (tertiary alicyclic amines) is 1. The third kappa shape index (κ3) is 4.15. The van der Waals surface area contributed by atoms with Crippen molar-refractivity contribution in [2.75, 3.05) is 26.7 Å². The maximum atomic E-state index is 13.4. The molecule has 7 heteroatoms. The third-order valence-corrected chi connectivity index (χ3v) is 6.09. The predicted octanol–water partition coefficient (Wildman–Crippen LogP) is 3.04. The van der Waals surface area contributed by atoms with Gasteiger partial charge in [-0.1, -0.05) is 13.8 Å². The first-order valence-electron chi connectivity index (χ1n) is 9.31. The molecule has 2 aromatic rings. The van der Waals surface area contributed by atoms with Crippen LogP contribution in [0.3, 0.4) is 0 Å². The van der Waals surface area contributed by atoms with Gasteiger partial charge in [0, 0.05) is 31.4 Å².